The molecule has 0 atom stereocenters. The smallest absolute Gasteiger partial charge is 0.314 e. The molecule has 1 saturated carbocycles. The lowest BCUT2D eigenvalue weighted by molar-refractivity contribution is -0.135. The minimum absolute atomic E-state index is 0.0908. The molecule has 1 aliphatic rings. The summed E-state index contributed by atoms with van der Waals surface area (Å²) in [6.07, 6.45) is 3.37. The number of esters is 1. The first-order valence-electron chi connectivity index (χ1n) is 5.59. The number of rotatable bonds is 4. The zero-order chi connectivity index (χ0) is 13.0. The molecule has 4 N–H and O–H groups in total. The first-order chi connectivity index (χ1) is 8.65. The standard InChI is InChI=1S/C12H14N4O2/c13-12(14)16-15-7-8-1-5-10(6-2-8)18-11(17)9-3-4-9/h1-2,5-7,9H,3-4H2,(H4,13,14,16). The van der Waals surface area contributed by atoms with E-state index in [-0.39, 0.29) is 17.8 Å². The molecule has 0 aromatic heterocycles. The van der Waals surface area contributed by atoms with E-state index in [1.54, 1.807) is 24.3 Å². The lowest BCUT2D eigenvalue weighted by Gasteiger charge is -2.02. The maximum Gasteiger partial charge on any atom is 0.314 e. The van der Waals surface area contributed by atoms with E-state index in [9.17, 15) is 4.79 Å². The van der Waals surface area contributed by atoms with Gasteiger partial charge in [-0.15, -0.1) is 5.10 Å². The van der Waals surface area contributed by atoms with Crippen molar-refractivity contribution in [3.05, 3.63) is 29.8 Å². The number of nitrogens with zero attached hydrogens (tertiary/aromatic N) is 2. The second-order valence-corrected chi connectivity index (χ2v) is 4.03. The Morgan fingerprint density at radius 1 is 1.28 bits per heavy atom. The van der Waals surface area contributed by atoms with Crippen LogP contribution in [0.15, 0.2) is 34.5 Å². The van der Waals surface area contributed by atoms with E-state index in [4.69, 9.17) is 16.2 Å². The van der Waals surface area contributed by atoms with Gasteiger partial charge in [-0.3, -0.25) is 4.79 Å². The SMILES string of the molecule is NC(N)=NN=Cc1ccc(OC(=O)C2CC2)cc1. The van der Waals surface area contributed by atoms with Crippen LogP contribution in [-0.2, 0) is 4.79 Å². The summed E-state index contributed by atoms with van der Waals surface area (Å²) in [5.41, 5.74) is 11.1. The molecule has 0 radical (unpaired) electrons. The van der Waals surface area contributed by atoms with Gasteiger partial charge in [-0.1, -0.05) is 0 Å². The highest BCUT2D eigenvalue weighted by Crippen LogP contribution is 2.30. The van der Waals surface area contributed by atoms with E-state index >= 15 is 0 Å². The Bertz CT molecular complexity index is 485. The van der Waals surface area contributed by atoms with Gasteiger partial charge in [0, 0.05) is 0 Å². The highest BCUT2D eigenvalue weighted by molar-refractivity contribution is 5.82. The number of carbonyl (C=O) groups excluding carboxylic acids is 1. The Morgan fingerprint density at radius 2 is 1.94 bits per heavy atom. The average Bonchev–Trinajstić information content (AvgIpc) is 3.15. The van der Waals surface area contributed by atoms with Crippen LogP contribution in [0.25, 0.3) is 0 Å². The van der Waals surface area contributed by atoms with E-state index in [1.165, 1.54) is 6.21 Å². The highest BCUT2D eigenvalue weighted by Gasteiger charge is 2.31. The van der Waals surface area contributed by atoms with E-state index in [0.717, 1.165) is 18.4 Å². The number of guanidine groups is 1. The first kappa shape index (κ1) is 12.1. The Morgan fingerprint density at radius 3 is 2.50 bits per heavy atom. The van der Waals surface area contributed by atoms with Crippen molar-refractivity contribution < 1.29 is 9.53 Å². The lowest BCUT2D eigenvalue weighted by Crippen LogP contribution is -2.21. The van der Waals surface area contributed by atoms with Gasteiger partial charge in [-0.25, -0.2) is 0 Å². The largest absolute Gasteiger partial charge is 0.426 e. The van der Waals surface area contributed by atoms with Gasteiger partial charge in [-0.2, -0.15) is 5.10 Å². The maximum atomic E-state index is 11.4. The molecule has 2 rings (SSSR count). The monoisotopic (exact) mass is 246 g/mol. The number of hydrogen-bond donors (Lipinski definition) is 2. The zero-order valence-corrected chi connectivity index (χ0v) is 9.74. The third-order valence-electron chi connectivity index (χ3n) is 2.39. The normalized spacial score (nSPS) is 14.4. The van der Waals surface area contributed by atoms with Crippen molar-refractivity contribution >= 4 is 18.1 Å². The van der Waals surface area contributed by atoms with Crippen LogP contribution in [0.5, 0.6) is 5.75 Å². The van der Waals surface area contributed by atoms with E-state index < -0.39 is 0 Å². The molecule has 1 aliphatic carbocycles. The number of ether oxygens (including phenoxy) is 1. The van der Waals surface area contributed by atoms with Crippen molar-refractivity contribution in [3.63, 3.8) is 0 Å². The second-order valence-electron chi connectivity index (χ2n) is 4.03. The molecule has 1 aromatic carbocycles. The maximum absolute atomic E-state index is 11.4. The summed E-state index contributed by atoms with van der Waals surface area (Å²) in [5.74, 6) is 0.372. The van der Waals surface area contributed by atoms with Crippen LogP contribution in [0, 0.1) is 5.92 Å². The molecule has 6 heteroatoms. The number of benzene rings is 1. The van der Waals surface area contributed by atoms with Crippen molar-refractivity contribution in [2.75, 3.05) is 0 Å². The molecule has 0 saturated heterocycles. The summed E-state index contributed by atoms with van der Waals surface area (Å²) in [7, 11) is 0. The van der Waals surface area contributed by atoms with Crippen LogP contribution in [0.1, 0.15) is 18.4 Å². The van der Waals surface area contributed by atoms with Gasteiger partial charge in [0.15, 0.2) is 0 Å². The number of nitrogens with two attached hydrogens (primary N) is 2. The zero-order valence-electron chi connectivity index (χ0n) is 9.74. The Labute approximate surface area is 104 Å². The fraction of sp³-hybridized carbons (Fsp3) is 0.250. The van der Waals surface area contributed by atoms with Gasteiger partial charge >= 0.3 is 5.97 Å². The predicted molar refractivity (Wildman–Crippen MR) is 68.2 cm³/mol. The molecule has 0 unspecified atom stereocenters. The fourth-order valence-electron chi connectivity index (χ4n) is 1.30. The summed E-state index contributed by atoms with van der Waals surface area (Å²) >= 11 is 0. The molecule has 0 spiro atoms. The third kappa shape index (κ3) is 3.58. The van der Waals surface area contributed by atoms with Crippen LogP contribution >= 0.6 is 0 Å². The summed E-state index contributed by atoms with van der Waals surface area (Å²) in [5, 5.41) is 7.15. The Balaban J connectivity index is 1.94. The molecular weight excluding hydrogens is 232 g/mol. The van der Waals surface area contributed by atoms with Gasteiger partial charge < -0.3 is 16.2 Å². The van der Waals surface area contributed by atoms with Gasteiger partial charge in [0.25, 0.3) is 0 Å². The molecule has 0 aliphatic heterocycles. The van der Waals surface area contributed by atoms with Crippen molar-refractivity contribution in [2.45, 2.75) is 12.8 Å². The highest BCUT2D eigenvalue weighted by atomic mass is 16.5. The van der Waals surface area contributed by atoms with Crippen molar-refractivity contribution in [1.29, 1.82) is 0 Å². The second kappa shape index (κ2) is 5.31. The quantitative estimate of drug-likeness (QED) is 0.267. The molecule has 94 valence electrons. The fourth-order valence-corrected chi connectivity index (χ4v) is 1.30. The molecule has 0 bridgehead atoms. The van der Waals surface area contributed by atoms with E-state index in [0.29, 0.717) is 5.75 Å². The molecule has 18 heavy (non-hydrogen) atoms. The first-order valence-corrected chi connectivity index (χ1v) is 5.59. The third-order valence-corrected chi connectivity index (χ3v) is 2.39. The molecule has 0 heterocycles. The van der Waals surface area contributed by atoms with Crippen molar-refractivity contribution in [2.24, 2.45) is 27.6 Å². The van der Waals surface area contributed by atoms with E-state index in [2.05, 4.69) is 10.2 Å². The summed E-state index contributed by atoms with van der Waals surface area (Å²) in [4.78, 5) is 11.4. The lowest BCUT2D eigenvalue weighted by atomic mass is 10.2. The molecule has 1 aromatic rings. The predicted octanol–water partition coefficient (Wildman–Crippen LogP) is 0.609. The van der Waals surface area contributed by atoms with Crippen LogP contribution < -0.4 is 16.2 Å². The minimum Gasteiger partial charge on any atom is -0.426 e. The van der Waals surface area contributed by atoms with Gasteiger partial charge in [0.2, 0.25) is 5.96 Å². The average molecular weight is 246 g/mol. The Kier molecular flexibility index (Phi) is 3.57. The topological polar surface area (TPSA) is 103 Å². The minimum atomic E-state index is -0.156. The molecular formula is C12H14N4O2. The molecule has 1 fully saturated rings. The van der Waals surface area contributed by atoms with Crippen molar-refractivity contribution in [3.8, 4) is 5.75 Å². The van der Waals surface area contributed by atoms with Gasteiger partial charge in [-0.05, 0) is 42.7 Å². The van der Waals surface area contributed by atoms with Crippen LogP contribution in [0.4, 0.5) is 0 Å². The summed E-state index contributed by atoms with van der Waals surface area (Å²) < 4.78 is 5.19. The Hall–Kier alpha value is -2.37. The molecule has 0 amide bonds. The van der Waals surface area contributed by atoms with Crippen LogP contribution in [0.3, 0.4) is 0 Å². The van der Waals surface area contributed by atoms with Crippen LogP contribution in [-0.4, -0.2) is 18.1 Å². The summed E-state index contributed by atoms with van der Waals surface area (Å²) in [6.45, 7) is 0. The van der Waals surface area contributed by atoms with Gasteiger partial charge in [0.1, 0.15) is 5.75 Å². The number of hydrogen-bond acceptors (Lipinski definition) is 4. The van der Waals surface area contributed by atoms with E-state index in [1.807, 2.05) is 0 Å². The summed E-state index contributed by atoms with van der Waals surface area (Å²) in [6, 6.07) is 6.94. The molecule has 6 nitrogen and oxygen atoms in total. The number of carbonyl (C=O) groups is 1. The van der Waals surface area contributed by atoms with Crippen LogP contribution in [0.2, 0.25) is 0 Å². The van der Waals surface area contributed by atoms with Crippen molar-refractivity contribution in [1.82, 2.24) is 0 Å². The van der Waals surface area contributed by atoms with Gasteiger partial charge in [0.05, 0.1) is 12.1 Å².